The van der Waals surface area contributed by atoms with Crippen molar-refractivity contribution in [1.29, 1.82) is 0 Å². The van der Waals surface area contributed by atoms with E-state index in [1.165, 1.54) is 24.8 Å². The lowest BCUT2D eigenvalue weighted by molar-refractivity contribution is 0.112. The van der Waals surface area contributed by atoms with Crippen molar-refractivity contribution >= 4 is 17.2 Å². The minimum absolute atomic E-state index is 0.814. The summed E-state index contributed by atoms with van der Waals surface area (Å²) in [5.41, 5.74) is 3.27. The van der Waals surface area contributed by atoms with Gasteiger partial charge in [0.1, 0.15) is 0 Å². The van der Waals surface area contributed by atoms with Gasteiger partial charge < -0.3 is 4.57 Å². The molecule has 0 aliphatic rings. The summed E-state index contributed by atoms with van der Waals surface area (Å²) in [5, 5.41) is 1.14. The Hall–Kier alpha value is -1.57. The zero-order valence-electron chi connectivity index (χ0n) is 10.6. The number of aryl methyl sites for hydroxylation is 2. The fourth-order valence-electron chi connectivity index (χ4n) is 2.42. The van der Waals surface area contributed by atoms with Crippen molar-refractivity contribution in [3.8, 4) is 0 Å². The van der Waals surface area contributed by atoms with Crippen molar-refractivity contribution in [2.45, 2.75) is 32.6 Å². The molecule has 0 amide bonds. The average Bonchev–Trinajstić information content (AvgIpc) is 2.68. The quantitative estimate of drug-likeness (QED) is 0.565. The maximum Gasteiger partial charge on any atom is 0.152 e. The van der Waals surface area contributed by atoms with Crippen LogP contribution < -0.4 is 0 Å². The molecule has 1 aromatic heterocycles. The molecule has 90 valence electrons. The second kappa shape index (κ2) is 5.17. The van der Waals surface area contributed by atoms with Gasteiger partial charge in [-0.3, -0.25) is 4.79 Å². The smallest absolute Gasteiger partial charge is 0.152 e. The van der Waals surface area contributed by atoms with Crippen molar-refractivity contribution < 1.29 is 4.79 Å². The van der Waals surface area contributed by atoms with Crippen LogP contribution in [0.3, 0.4) is 0 Å². The molecule has 17 heavy (non-hydrogen) atoms. The van der Waals surface area contributed by atoms with E-state index in [9.17, 15) is 4.79 Å². The molecular formula is C15H19NO. The Morgan fingerprint density at radius 3 is 2.82 bits per heavy atom. The van der Waals surface area contributed by atoms with Gasteiger partial charge in [-0.2, -0.15) is 0 Å². The summed E-state index contributed by atoms with van der Waals surface area (Å²) in [5.74, 6) is 0. The van der Waals surface area contributed by atoms with E-state index in [-0.39, 0.29) is 0 Å². The van der Waals surface area contributed by atoms with Crippen LogP contribution in [-0.4, -0.2) is 10.9 Å². The molecule has 1 aromatic carbocycles. The third-order valence-electron chi connectivity index (χ3n) is 3.31. The number of carbonyl (C=O) groups is 1. The van der Waals surface area contributed by atoms with Gasteiger partial charge in [0.05, 0.1) is 0 Å². The third kappa shape index (κ3) is 2.26. The topological polar surface area (TPSA) is 22.0 Å². The van der Waals surface area contributed by atoms with E-state index in [2.05, 4.69) is 25.1 Å². The van der Waals surface area contributed by atoms with Crippen LogP contribution in [0, 0.1) is 0 Å². The Morgan fingerprint density at radius 1 is 1.29 bits per heavy atom. The Balaban J connectivity index is 2.44. The minimum Gasteiger partial charge on any atom is -0.350 e. The molecule has 0 bridgehead atoms. The summed E-state index contributed by atoms with van der Waals surface area (Å²) in [6, 6.07) is 6.30. The van der Waals surface area contributed by atoms with Crippen LogP contribution in [0.2, 0.25) is 0 Å². The van der Waals surface area contributed by atoms with E-state index in [1.54, 1.807) is 0 Å². The molecule has 2 aromatic rings. The molecule has 0 aliphatic heterocycles. The Morgan fingerprint density at radius 2 is 2.12 bits per heavy atom. The maximum absolute atomic E-state index is 11.1. The van der Waals surface area contributed by atoms with Gasteiger partial charge in [-0.15, -0.1) is 0 Å². The molecular weight excluding hydrogens is 210 g/mol. The minimum atomic E-state index is 0.814. The van der Waals surface area contributed by atoms with E-state index >= 15 is 0 Å². The molecule has 0 unspecified atom stereocenters. The molecule has 1 heterocycles. The number of unbranched alkanes of at least 4 members (excludes halogenated alkanes) is 2. The van der Waals surface area contributed by atoms with Crippen LogP contribution >= 0.6 is 0 Å². The highest BCUT2D eigenvalue weighted by Crippen LogP contribution is 2.24. The van der Waals surface area contributed by atoms with Gasteiger partial charge in [0.15, 0.2) is 6.29 Å². The van der Waals surface area contributed by atoms with Crippen LogP contribution in [-0.2, 0) is 13.5 Å². The van der Waals surface area contributed by atoms with Crippen LogP contribution in [0.15, 0.2) is 24.4 Å². The molecule has 0 atom stereocenters. The van der Waals surface area contributed by atoms with Gasteiger partial charge in [-0.25, -0.2) is 0 Å². The molecule has 0 spiro atoms. The number of fused-ring (bicyclic) bond motifs is 1. The predicted octanol–water partition coefficient (Wildman–Crippen LogP) is 3.72. The SMILES string of the molecule is CCCCCc1cccc2c1c(C=O)cn2C. The number of hydrogen-bond donors (Lipinski definition) is 0. The first kappa shape index (κ1) is 11.9. The standard InChI is InChI=1S/C15H19NO/c1-3-4-5-7-12-8-6-9-14-15(12)13(11-17)10-16(14)2/h6,8-11H,3-5,7H2,1-2H3. The van der Waals surface area contributed by atoms with E-state index in [0.29, 0.717) is 0 Å². The fraction of sp³-hybridized carbons (Fsp3) is 0.400. The predicted molar refractivity (Wildman–Crippen MR) is 71.5 cm³/mol. The molecule has 0 aliphatic carbocycles. The van der Waals surface area contributed by atoms with Crippen molar-refractivity contribution in [3.05, 3.63) is 35.5 Å². The maximum atomic E-state index is 11.1. The van der Waals surface area contributed by atoms with Crippen LogP contribution in [0.1, 0.15) is 42.1 Å². The van der Waals surface area contributed by atoms with Crippen LogP contribution in [0.5, 0.6) is 0 Å². The van der Waals surface area contributed by atoms with E-state index in [0.717, 1.165) is 29.2 Å². The van der Waals surface area contributed by atoms with Crippen LogP contribution in [0.25, 0.3) is 10.9 Å². The number of hydrogen-bond acceptors (Lipinski definition) is 1. The molecule has 2 rings (SSSR count). The second-order valence-corrected chi connectivity index (χ2v) is 4.58. The Bertz CT molecular complexity index is 525. The lowest BCUT2D eigenvalue weighted by atomic mass is 10.0. The summed E-state index contributed by atoms with van der Waals surface area (Å²) in [4.78, 5) is 11.1. The number of aldehydes is 1. The molecule has 0 saturated heterocycles. The number of carbonyl (C=O) groups excluding carboxylic acids is 1. The lowest BCUT2D eigenvalue weighted by Crippen LogP contribution is -1.89. The van der Waals surface area contributed by atoms with E-state index < -0.39 is 0 Å². The Kier molecular flexibility index (Phi) is 3.62. The van der Waals surface area contributed by atoms with Crippen molar-refractivity contribution in [2.75, 3.05) is 0 Å². The molecule has 2 heteroatoms. The highest BCUT2D eigenvalue weighted by atomic mass is 16.1. The highest BCUT2D eigenvalue weighted by Gasteiger charge is 2.09. The number of benzene rings is 1. The Labute approximate surface area is 102 Å². The van der Waals surface area contributed by atoms with Gasteiger partial charge in [0.2, 0.25) is 0 Å². The van der Waals surface area contributed by atoms with Gasteiger partial charge in [0, 0.05) is 29.7 Å². The fourth-order valence-corrected chi connectivity index (χ4v) is 2.42. The monoisotopic (exact) mass is 229 g/mol. The summed E-state index contributed by atoms with van der Waals surface area (Å²) >= 11 is 0. The lowest BCUT2D eigenvalue weighted by Gasteiger charge is -2.04. The molecule has 0 N–H and O–H groups in total. The van der Waals surface area contributed by atoms with Gasteiger partial charge in [0.25, 0.3) is 0 Å². The van der Waals surface area contributed by atoms with Gasteiger partial charge in [-0.1, -0.05) is 31.9 Å². The van der Waals surface area contributed by atoms with Crippen LogP contribution in [0.4, 0.5) is 0 Å². The summed E-state index contributed by atoms with van der Waals surface area (Å²) in [6.45, 7) is 2.21. The number of rotatable bonds is 5. The summed E-state index contributed by atoms with van der Waals surface area (Å²) in [7, 11) is 1.99. The second-order valence-electron chi connectivity index (χ2n) is 4.58. The molecule has 0 fully saturated rings. The number of aromatic nitrogens is 1. The normalized spacial score (nSPS) is 10.9. The first-order valence-corrected chi connectivity index (χ1v) is 6.30. The number of nitrogens with zero attached hydrogens (tertiary/aromatic N) is 1. The molecule has 0 radical (unpaired) electrons. The highest BCUT2D eigenvalue weighted by molar-refractivity contribution is 5.99. The zero-order chi connectivity index (χ0) is 12.3. The van der Waals surface area contributed by atoms with Crippen molar-refractivity contribution in [1.82, 2.24) is 4.57 Å². The molecule has 0 saturated carbocycles. The van der Waals surface area contributed by atoms with Gasteiger partial charge in [-0.05, 0) is 24.5 Å². The third-order valence-corrected chi connectivity index (χ3v) is 3.31. The summed E-state index contributed by atoms with van der Waals surface area (Å²) in [6.07, 6.45) is 7.62. The molecule has 2 nitrogen and oxygen atoms in total. The van der Waals surface area contributed by atoms with Gasteiger partial charge >= 0.3 is 0 Å². The van der Waals surface area contributed by atoms with E-state index in [1.807, 2.05) is 17.8 Å². The van der Waals surface area contributed by atoms with Crippen molar-refractivity contribution in [2.24, 2.45) is 7.05 Å². The zero-order valence-corrected chi connectivity index (χ0v) is 10.6. The first-order chi connectivity index (χ1) is 8.27. The van der Waals surface area contributed by atoms with E-state index in [4.69, 9.17) is 0 Å². The largest absolute Gasteiger partial charge is 0.350 e. The first-order valence-electron chi connectivity index (χ1n) is 6.30. The summed E-state index contributed by atoms with van der Waals surface area (Å²) < 4.78 is 2.03. The van der Waals surface area contributed by atoms with Crippen molar-refractivity contribution in [3.63, 3.8) is 0 Å². The average molecular weight is 229 g/mol.